The molecule has 0 saturated heterocycles. The zero-order chi connectivity index (χ0) is 25.5. The van der Waals surface area contributed by atoms with Gasteiger partial charge in [0.2, 0.25) is 0 Å². The molecule has 7 aromatic carbocycles. The van der Waals surface area contributed by atoms with Crippen molar-refractivity contribution in [2.75, 3.05) is 0 Å². The van der Waals surface area contributed by atoms with E-state index in [-0.39, 0.29) is 0 Å². The van der Waals surface area contributed by atoms with Crippen molar-refractivity contribution in [1.29, 1.82) is 0 Å². The zero-order valence-electron chi connectivity index (χ0n) is 21.1. The first kappa shape index (κ1) is 20.8. The average molecular weight is 495 g/mol. The first-order valence-corrected chi connectivity index (χ1v) is 13.4. The second-order valence-electron chi connectivity index (χ2n) is 10.4. The Bertz CT molecular complexity index is 2290. The summed E-state index contributed by atoms with van der Waals surface area (Å²) in [6, 6.07) is 46.1. The van der Waals surface area contributed by atoms with Crippen LogP contribution >= 0.6 is 0 Å². The molecule has 0 aliphatic carbocycles. The van der Waals surface area contributed by atoms with Crippen LogP contribution in [0.15, 0.2) is 134 Å². The molecule has 0 unspecified atom stereocenters. The van der Waals surface area contributed by atoms with Gasteiger partial charge >= 0.3 is 0 Å². The van der Waals surface area contributed by atoms with E-state index in [2.05, 4.69) is 132 Å². The Labute approximate surface area is 225 Å². The van der Waals surface area contributed by atoms with Gasteiger partial charge in [-0.25, -0.2) is 0 Å². The Balaban J connectivity index is 1.24. The summed E-state index contributed by atoms with van der Waals surface area (Å²) >= 11 is 0. The van der Waals surface area contributed by atoms with Crippen molar-refractivity contribution >= 4 is 54.3 Å². The molecule has 2 nitrogen and oxygen atoms in total. The number of hydrogen-bond acceptors (Lipinski definition) is 1. The third-order valence-corrected chi connectivity index (χ3v) is 8.37. The zero-order valence-corrected chi connectivity index (χ0v) is 21.1. The maximum absolute atomic E-state index is 4.88. The van der Waals surface area contributed by atoms with Crippen molar-refractivity contribution in [1.82, 2.24) is 9.55 Å². The predicted molar refractivity (Wildman–Crippen MR) is 164 cm³/mol. The lowest BCUT2D eigenvalue weighted by Gasteiger charge is -2.12. The van der Waals surface area contributed by atoms with Gasteiger partial charge in [-0.3, -0.25) is 4.98 Å². The summed E-state index contributed by atoms with van der Waals surface area (Å²) in [7, 11) is 0. The molecule has 0 atom stereocenters. The monoisotopic (exact) mass is 494 g/mol. The molecule has 0 saturated carbocycles. The molecule has 39 heavy (non-hydrogen) atoms. The Hall–Kier alpha value is -5.21. The molecule has 0 amide bonds. The third-order valence-electron chi connectivity index (χ3n) is 8.37. The predicted octanol–water partition coefficient (Wildman–Crippen LogP) is 9.85. The summed E-state index contributed by atoms with van der Waals surface area (Å²) in [5.74, 6) is 0. The minimum Gasteiger partial charge on any atom is -0.309 e. The largest absolute Gasteiger partial charge is 0.309 e. The van der Waals surface area contributed by atoms with Crippen LogP contribution in [0.25, 0.3) is 82.2 Å². The normalized spacial score (nSPS) is 12.1. The second kappa shape index (κ2) is 7.66. The molecule has 0 radical (unpaired) electrons. The van der Waals surface area contributed by atoms with Crippen molar-refractivity contribution < 1.29 is 0 Å². The van der Waals surface area contributed by atoms with Gasteiger partial charge in [0.25, 0.3) is 0 Å². The fraction of sp³-hybridized carbons (Fsp3) is 0. The highest BCUT2D eigenvalue weighted by molar-refractivity contribution is 6.39. The number of nitrogens with zero attached hydrogens (tertiary/aromatic N) is 2. The molecule has 2 heteroatoms. The SMILES string of the molecule is c1ccc(-c2ccc(-c3ccc(-n4c5cccc6c7nccc8ccc9ccc4c(c9c87)c65)cc3)cc2)cc1. The Morgan fingerprint density at radius 3 is 1.77 bits per heavy atom. The van der Waals surface area contributed by atoms with E-state index in [0.717, 1.165) is 5.52 Å². The van der Waals surface area contributed by atoms with E-state index in [1.807, 2.05) is 6.20 Å². The molecule has 9 rings (SSSR count). The van der Waals surface area contributed by atoms with E-state index in [0.29, 0.717) is 0 Å². The molecule has 0 aliphatic rings. The number of fused-ring (bicyclic) bond motifs is 1. The minimum absolute atomic E-state index is 1.09. The molecular weight excluding hydrogens is 472 g/mol. The highest BCUT2D eigenvalue weighted by Gasteiger charge is 2.22. The second-order valence-corrected chi connectivity index (χ2v) is 10.4. The molecule has 0 N–H and O–H groups in total. The van der Waals surface area contributed by atoms with Crippen molar-refractivity contribution in [3.8, 4) is 27.9 Å². The van der Waals surface area contributed by atoms with Crippen molar-refractivity contribution in [3.63, 3.8) is 0 Å². The number of rotatable bonds is 3. The Morgan fingerprint density at radius 2 is 1.03 bits per heavy atom. The van der Waals surface area contributed by atoms with Gasteiger partial charge < -0.3 is 4.57 Å². The van der Waals surface area contributed by atoms with Gasteiger partial charge in [0.1, 0.15) is 0 Å². The Kier molecular flexibility index (Phi) is 4.08. The summed E-state index contributed by atoms with van der Waals surface area (Å²) in [4.78, 5) is 4.88. The topological polar surface area (TPSA) is 17.8 Å². The van der Waals surface area contributed by atoms with Gasteiger partial charge in [0, 0.05) is 38.8 Å². The molecular formula is C37H22N2. The Morgan fingerprint density at radius 1 is 0.410 bits per heavy atom. The van der Waals surface area contributed by atoms with Crippen LogP contribution in [0.2, 0.25) is 0 Å². The quantitative estimate of drug-likeness (QED) is 0.176. The van der Waals surface area contributed by atoms with Crippen LogP contribution in [0.5, 0.6) is 0 Å². The molecule has 0 spiro atoms. The molecule has 9 aromatic rings. The summed E-state index contributed by atoms with van der Waals surface area (Å²) in [5, 5.41) is 8.98. The average Bonchev–Trinajstić information content (AvgIpc) is 3.36. The molecule has 2 heterocycles. The van der Waals surface area contributed by atoms with Gasteiger partial charge in [-0.1, -0.05) is 97.1 Å². The van der Waals surface area contributed by atoms with Crippen LogP contribution in [0.1, 0.15) is 0 Å². The number of benzene rings is 7. The van der Waals surface area contributed by atoms with Gasteiger partial charge in [-0.05, 0) is 63.4 Å². The van der Waals surface area contributed by atoms with Crippen molar-refractivity contribution in [3.05, 3.63) is 134 Å². The van der Waals surface area contributed by atoms with Crippen LogP contribution < -0.4 is 0 Å². The highest BCUT2D eigenvalue weighted by Crippen LogP contribution is 2.46. The van der Waals surface area contributed by atoms with Gasteiger partial charge in [0.05, 0.1) is 16.6 Å². The molecule has 0 aliphatic heterocycles. The van der Waals surface area contributed by atoms with Crippen LogP contribution in [0.3, 0.4) is 0 Å². The lowest BCUT2D eigenvalue weighted by Crippen LogP contribution is -1.93. The fourth-order valence-electron chi connectivity index (χ4n) is 6.60. The summed E-state index contributed by atoms with van der Waals surface area (Å²) in [5.41, 5.74) is 9.64. The van der Waals surface area contributed by atoms with E-state index in [9.17, 15) is 0 Å². The first-order chi connectivity index (χ1) is 19.3. The summed E-state index contributed by atoms with van der Waals surface area (Å²) in [6.07, 6.45) is 1.94. The van der Waals surface area contributed by atoms with Gasteiger partial charge in [-0.15, -0.1) is 0 Å². The van der Waals surface area contributed by atoms with E-state index in [1.165, 1.54) is 76.7 Å². The molecule has 0 bridgehead atoms. The van der Waals surface area contributed by atoms with Gasteiger partial charge in [0.15, 0.2) is 0 Å². The van der Waals surface area contributed by atoms with Crippen LogP contribution in [0.4, 0.5) is 0 Å². The maximum atomic E-state index is 4.88. The van der Waals surface area contributed by atoms with Crippen molar-refractivity contribution in [2.45, 2.75) is 0 Å². The molecule has 2 aromatic heterocycles. The molecule has 180 valence electrons. The molecule has 0 fully saturated rings. The van der Waals surface area contributed by atoms with Crippen LogP contribution in [-0.2, 0) is 0 Å². The number of aromatic nitrogens is 2. The lowest BCUT2D eigenvalue weighted by atomic mass is 9.92. The number of hydrogen-bond donors (Lipinski definition) is 0. The van der Waals surface area contributed by atoms with Crippen molar-refractivity contribution in [2.24, 2.45) is 0 Å². The van der Waals surface area contributed by atoms with Crippen LogP contribution in [-0.4, -0.2) is 9.55 Å². The highest BCUT2D eigenvalue weighted by atomic mass is 15.0. The van der Waals surface area contributed by atoms with Gasteiger partial charge in [-0.2, -0.15) is 0 Å². The summed E-state index contributed by atoms with van der Waals surface area (Å²) in [6.45, 7) is 0. The fourth-order valence-corrected chi connectivity index (χ4v) is 6.60. The van der Waals surface area contributed by atoms with E-state index in [1.54, 1.807) is 0 Å². The third kappa shape index (κ3) is 2.83. The van der Waals surface area contributed by atoms with E-state index >= 15 is 0 Å². The maximum Gasteiger partial charge on any atom is 0.0793 e. The minimum atomic E-state index is 1.09. The summed E-state index contributed by atoms with van der Waals surface area (Å²) < 4.78 is 2.42. The lowest BCUT2D eigenvalue weighted by molar-refractivity contribution is 1.18. The van der Waals surface area contributed by atoms with Crippen LogP contribution in [0, 0.1) is 0 Å². The van der Waals surface area contributed by atoms with E-state index in [4.69, 9.17) is 4.98 Å². The first-order valence-electron chi connectivity index (χ1n) is 13.4. The standard InChI is InChI=1S/C37H22N2/c1-2-5-23(6-3-1)24-9-11-25(12-10-24)26-15-18-29(19-16-26)39-31-8-4-7-30-35(31)36-32(39)20-17-27-13-14-28-21-22-38-37(30)34(28)33(27)36/h1-22H. The smallest absolute Gasteiger partial charge is 0.0793 e. The van der Waals surface area contributed by atoms with E-state index < -0.39 is 0 Å². The number of pyridine rings is 1.